The van der Waals surface area contributed by atoms with Gasteiger partial charge in [-0.1, -0.05) is 29.8 Å². The number of amides is 1. The van der Waals surface area contributed by atoms with E-state index in [2.05, 4.69) is 24.4 Å². The number of anilines is 1. The SMILES string of the molecule is CCOc1ccc(N(CC(=O)N[C@H](C)c2cc(C)c(C)cc2C)S(=O)(=O)c2ccc(C)cc2)cc1. The molecule has 0 radical (unpaired) electrons. The van der Waals surface area contributed by atoms with Crippen LogP contribution in [0.4, 0.5) is 5.69 Å². The lowest BCUT2D eigenvalue weighted by Gasteiger charge is -2.26. The summed E-state index contributed by atoms with van der Waals surface area (Å²) in [5, 5.41) is 2.98. The van der Waals surface area contributed by atoms with E-state index in [1.165, 1.54) is 5.56 Å². The molecule has 6 nitrogen and oxygen atoms in total. The average Bonchev–Trinajstić information content (AvgIpc) is 2.81. The first-order valence-electron chi connectivity index (χ1n) is 11.7. The predicted octanol–water partition coefficient (Wildman–Crippen LogP) is 5.39. The molecule has 0 aliphatic carbocycles. The Balaban J connectivity index is 1.91. The standard InChI is InChI=1S/C28H34N2O4S/c1-7-34-25-12-10-24(11-13-25)30(35(32,33)26-14-8-19(2)9-15-26)18-28(31)29-23(6)27-17-21(4)20(3)16-22(27)5/h8-17,23H,7,18H2,1-6H3,(H,29,31)/t23-/m1/s1. The van der Waals surface area contributed by atoms with Gasteiger partial charge in [0.15, 0.2) is 0 Å². The minimum absolute atomic E-state index is 0.128. The van der Waals surface area contributed by atoms with Gasteiger partial charge < -0.3 is 10.1 Å². The van der Waals surface area contributed by atoms with E-state index in [1.807, 2.05) is 34.6 Å². The average molecular weight is 495 g/mol. The molecule has 35 heavy (non-hydrogen) atoms. The van der Waals surface area contributed by atoms with Crippen LogP contribution in [-0.4, -0.2) is 27.5 Å². The van der Waals surface area contributed by atoms with Crippen LogP contribution < -0.4 is 14.4 Å². The summed E-state index contributed by atoms with van der Waals surface area (Å²) >= 11 is 0. The molecule has 0 aliphatic rings. The van der Waals surface area contributed by atoms with E-state index in [9.17, 15) is 13.2 Å². The second-order valence-electron chi connectivity index (χ2n) is 8.83. The van der Waals surface area contributed by atoms with E-state index in [0.29, 0.717) is 18.0 Å². The minimum atomic E-state index is -3.98. The summed E-state index contributed by atoms with van der Waals surface area (Å²) in [4.78, 5) is 13.3. The molecule has 186 valence electrons. The van der Waals surface area contributed by atoms with Gasteiger partial charge in [0.05, 0.1) is 23.2 Å². The third-order valence-electron chi connectivity index (χ3n) is 6.06. The summed E-state index contributed by atoms with van der Waals surface area (Å²) in [6.45, 7) is 11.9. The van der Waals surface area contributed by atoms with Gasteiger partial charge in [-0.25, -0.2) is 8.42 Å². The van der Waals surface area contributed by atoms with Crippen LogP contribution in [0.15, 0.2) is 65.6 Å². The normalized spacial score (nSPS) is 12.2. The Kier molecular flexibility index (Phi) is 8.22. The molecule has 7 heteroatoms. The molecular formula is C28H34N2O4S. The molecule has 0 spiro atoms. The van der Waals surface area contributed by atoms with E-state index in [-0.39, 0.29) is 23.4 Å². The molecule has 3 aromatic carbocycles. The first kappa shape index (κ1) is 26.3. The van der Waals surface area contributed by atoms with Gasteiger partial charge in [0, 0.05) is 0 Å². The first-order chi connectivity index (χ1) is 16.5. The summed E-state index contributed by atoms with van der Waals surface area (Å²) in [5.74, 6) is 0.243. The van der Waals surface area contributed by atoms with Gasteiger partial charge in [0.1, 0.15) is 12.3 Å². The highest BCUT2D eigenvalue weighted by atomic mass is 32.2. The molecule has 0 unspecified atom stereocenters. The maximum Gasteiger partial charge on any atom is 0.264 e. The molecule has 0 aromatic heterocycles. The molecule has 1 atom stereocenters. The molecule has 0 saturated carbocycles. The Labute approximate surface area is 209 Å². The van der Waals surface area contributed by atoms with Crippen LogP contribution in [0.5, 0.6) is 5.75 Å². The van der Waals surface area contributed by atoms with Gasteiger partial charge in [0.2, 0.25) is 5.91 Å². The maximum atomic E-state index is 13.6. The molecule has 1 N–H and O–H groups in total. The fourth-order valence-corrected chi connectivity index (χ4v) is 5.39. The number of aryl methyl sites for hydroxylation is 4. The van der Waals surface area contributed by atoms with E-state index >= 15 is 0 Å². The monoisotopic (exact) mass is 494 g/mol. The molecule has 0 aliphatic heterocycles. The van der Waals surface area contributed by atoms with Crippen molar-refractivity contribution in [2.24, 2.45) is 0 Å². The van der Waals surface area contributed by atoms with Crippen molar-refractivity contribution >= 4 is 21.6 Å². The van der Waals surface area contributed by atoms with Crippen molar-refractivity contribution in [2.75, 3.05) is 17.5 Å². The van der Waals surface area contributed by atoms with Crippen LogP contribution in [0.1, 0.15) is 47.7 Å². The number of nitrogens with one attached hydrogen (secondary N) is 1. The van der Waals surface area contributed by atoms with E-state index in [4.69, 9.17) is 4.74 Å². The Bertz CT molecular complexity index is 1280. The molecule has 0 saturated heterocycles. The fourth-order valence-electron chi connectivity index (χ4n) is 3.97. The molecule has 0 heterocycles. The summed E-state index contributed by atoms with van der Waals surface area (Å²) in [7, 11) is -3.98. The molecule has 1 amide bonds. The molecule has 3 aromatic rings. The van der Waals surface area contributed by atoms with Gasteiger partial charge >= 0.3 is 0 Å². The zero-order chi connectivity index (χ0) is 25.8. The summed E-state index contributed by atoms with van der Waals surface area (Å²) in [5.41, 5.74) is 5.76. The van der Waals surface area contributed by atoms with E-state index in [1.54, 1.807) is 48.5 Å². The fraction of sp³-hybridized carbons (Fsp3) is 0.321. The maximum absolute atomic E-state index is 13.6. The van der Waals surface area contributed by atoms with Crippen LogP contribution in [0.2, 0.25) is 0 Å². The number of hydrogen-bond acceptors (Lipinski definition) is 4. The third kappa shape index (κ3) is 6.22. The van der Waals surface area contributed by atoms with Crippen LogP contribution in [0.3, 0.4) is 0 Å². The number of carbonyl (C=O) groups excluding carboxylic acids is 1. The van der Waals surface area contributed by atoms with Crippen molar-refractivity contribution in [2.45, 2.75) is 52.5 Å². The summed E-state index contributed by atoms with van der Waals surface area (Å²) in [6.07, 6.45) is 0. The Morgan fingerprint density at radius 1 is 0.914 bits per heavy atom. The Morgan fingerprint density at radius 2 is 1.51 bits per heavy atom. The highest BCUT2D eigenvalue weighted by Crippen LogP contribution is 2.27. The zero-order valence-electron chi connectivity index (χ0n) is 21.3. The lowest BCUT2D eigenvalue weighted by atomic mass is 9.96. The number of carbonyl (C=O) groups is 1. The zero-order valence-corrected chi connectivity index (χ0v) is 22.1. The Morgan fingerprint density at radius 3 is 2.11 bits per heavy atom. The van der Waals surface area contributed by atoms with E-state index < -0.39 is 10.0 Å². The number of rotatable bonds is 9. The highest BCUT2D eigenvalue weighted by molar-refractivity contribution is 7.92. The molecule has 0 bridgehead atoms. The molecule has 0 fully saturated rings. The van der Waals surface area contributed by atoms with Crippen LogP contribution in [0, 0.1) is 27.7 Å². The van der Waals surface area contributed by atoms with Crippen molar-refractivity contribution < 1.29 is 17.9 Å². The van der Waals surface area contributed by atoms with Gasteiger partial charge in [0.25, 0.3) is 10.0 Å². The quantitative estimate of drug-likeness (QED) is 0.433. The lowest BCUT2D eigenvalue weighted by molar-refractivity contribution is -0.120. The van der Waals surface area contributed by atoms with Gasteiger partial charge in [-0.3, -0.25) is 9.10 Å². The second-order valence-corrected chi connectivity index (χ2v) is 10.7. The third-order valence-corrected chi connectivity index (χ3v) is 7.85. The molecule has 3 rings (SSSR count). The van der Waals surface area contributed by atoms with Crippen molar-refractivity contribution in [3.8, 4) is 5.75 Å². The second kappa shape index (κ2) is 11.0. The van der Waals surface area contributed by atoms with Crippen LogP contribution in [-0.2, 0) is 14.8 Å². The topological polar surface area (TPSA) is 75.7 Å². The first-order valence-corrected chi connectivity index (χ1v) is 13.2. The van der Waals surface area contributed by atoms with Crippen molar-refractivity contribution in [3.05, 3.63) is 88.5 Å². The number of benzene rings is 3. The number of hydrogen-bond donors (Lipinski definition) is 1. The number of ether oxygens (including phenoxy) is 1. The Hall–Kier alpha value is -3.32. The van der Waals surface area contributed by atoms with Gasteiger partial charge in [-0.05, 0) is 100 Å². The van der Waals surface area contributed by atoms with Crippen molar-refractivity contribution in [1.29, 1.82) is 0 Å². The van der Waals surface area contributed by atoms with Gasteiger partial charge in [-0.2, -0.15) is 0 Å². The highest BCUT2D eigenvalue weighted by Gasteiger charge is 2.28. The van der Waals surface area contributed by atoms with Crippen LogP contribution >= 0.6 is 0 Å². The lowest BCUT2D eigenvalue weighted by Crippen LogP contribution is -2.41. The molecular weight excluding hydrogens is 460 g/mol. The largest absolute Gasteiger partial charge is 0.494 e. The van der Waals surface area contributed by atoms with Crippen molar-refractivity contribution in [1.82, 2.24) is 5.32 Å². The number of nitrogens with zero attached hydrogens (tertiary/aromatic N) is 1. The van der Waals surface area contributed by atoms with Crippen LogP contribution in [0.25, 0.3) is 0 Å². The van der Waals surface area contributed by atoms with E-state index in [0.717, 1.165) is 26.6 Å². The van der Waals surface area contributed by atoms with Crippen molar-refractivity contribution in [3.63, 3.8) is 0 Å². The smallest absolute Gasteiger partial charge is 0.264 e. The summed E-state index contributed by atoms with van der Waals surface area (Å²) in [6, 6.07) is 17.2. The number of sulfonamides is 1. The minimum Gasteiger partial charge on any atom is -0.494 e. The predicted molar refractivity (Wildman–Crippen MR) is 141 cm³/mol. The van der Waals surface area contributed by atoms with Gasteiger partial charge in [-0.15, -0.1) is 0 Å². The summed E-state index contributed by atoms with van der Waals surface area (Å²) < 4.78 is 33.8.